The zero-order valence-corrected chi connectivity index (χ0v) is 14.5. The molecule has 3 aromatic rings. The predicted octanol–water partition coefficient (Wildman–Crippen LogP) is 3.60. The van der Waals surface area contributed by atoms with Gasteiger partial charge in [-0.1, -0.05) is 35.5 Å². The average Bonchev–Trinajstić information content (AvgIpc) is 3.08. The molecule has 0 fully saturated rings. The minimum atomic E-state index is -1.24. The number of carbonyl (C=O) groups is 2. The minimum absolute atomic E-state index is 0.0308. The number of aromatic nitrogens is 1. The number of nitrogens with zero attached hydrogens (tertiary/aromatic N) is 1. The Balaban J connectivity index is 1.82. The van der Waals surface area contributed by atoms with Crippen LogP contribution in [0.15, 0.2) is 59.1 Å². The molecular formula is C20H17FN2O4. The van der Waals surface area contributed by atoms with Crippen molar-refractivity contribution < 1.29 is 23.6 Å². The monoisotopic (exact) mass is 368 g/mol. The van der Waals surface area contributed by atoms with Gasteiger partial charge in [-0.15, -0.1) is 0 Å². The Morgan fingerprint density at radius 1 is 1.15 bits per heavy atom. The molecular weight excluding hydrogens is 351 g/mol. The molecule has 138 valence electrons. The molecule has 0 spiro atoms. The molecule has 2 N–H and O–H groups in total. The third-order valence-electron chi connectivity index (χ3n) is 4.03. The lowest BCUT2D eigenvalue weighted by Gasteiger charge is -2.12. The number of hydrogen-bond donors (Lipinski definition) is 2. The second kappa shape index (κ2) is 7.82. The van der Waals surface area contributed by atoms with E-state index in [-0.39, 0.29) is 29.3 Å². The molecule has 1 atom stereocenters. The molecule has 0 aliphatic carbocycles. The number of benzene rings is 2. The molecule has 0 saturated heterocycles. The first kappa shape index (κ1) is 18.3. The maximum absolute atomic E-state index is 13.1. The van der Waals surface area contributed by atoms with E-state index in [0.29, 0.717) is 5.56 Å². The fourth-order valence-corrected chi connectivity index (χ4v) is 2.75. The normalized spacial score (nSPS) is 11.8. The lowest BCUT2D eigenvalue weighted by molar-refractivity contribution is -0.121. The number of nitrogens with one attached hydrogen (secondary N) is 1. The molecule has 3 rings (SSSR count). The first-order valence-corrected chi connectivity index (χ1v) is 8.28. The largest absolute Gasteiger partial charge is 0.477 e. The van der Waals surface area contributed by atoms with Gasteiger partial charge in [0.15, 0.2) is 5.76 Å². The number of carboxylic acids is 1. The van der Waals surface area contributed by atoms with Crippen LogP contribution in [0.1, 0.15) is 34.6 Å². The van der Waals surface area contributed by atoms with Gasteiger partial charge in [-0.3, -0.25) is 4.79 Å². The minimum Gasteiger partial charge on any atom is -0.477 e. The van der Waals surface area contributed by atoms with Gasteiger partial charge < -0.3 is 14.9 Å². The quantitative estimate of drug-likeness (QED) is 0.693. The van der Waals surface area contributed by atoms with Gasteiger partial charge in [-0.25, -0.2) is 9.18 Å². The van der Waals surface area contributed by atoms with Gasteiger partial charge >= 0.3 is 5.97 Å². The third-order valence-corrected chi connectivity index (χ3v) is 4.03. The van der Waals surface area contributed by atoms with Crippen molar-refractivity contribution in [3.05, 3.63) is 77.3 Å². The van der Waals surface area contributed by atoms with Crippen molar-refractivity contribution in [2.45, 2.75) is 19.4 Å². The van der Waals surface area contributed by atoms with Crippen molar-refractivity contribution in [3.8, 4) is 11.3 Å². The van der Waals surface area contributed by atoms with Crippen LogP contribution >= 0.6 is 0 Å². The van der Waals surface area contributed by atoms with Gasteiger partial charge in [-0.2, -0.15) is 0 Å². The highest BCUT2D eigenvalue weighted by Crippen LogP contribution is 2.29. The summed E-state index contributed by atoms with van der Waals surface area (Å²) < 4.78 is 18.3. The Labute approximate surface area is 154 Å². The predicted molar refractivity (Wildman–Crippen MR) is 95.6 cm³/mol. The van der Waals surface area contributed by atoms with Crippen LogP contribution in [0, 0.1) is 5.82 Å². The number of carboxylic acid groups (broad SMARTS) is 1. The van der Waals surface area contributed by atoms with Gasteiger partial charge in [-0.05, 0) is 36.8 Å². The van der Waals surface area contributed by atoms with Crippen LogP contribution in [0.3, 0.4) is 0 Å². The van der Waals surface area contributed by atoms with Crippen LogP contribution in [0.25, 0.3) is 11.3 Å². The summed E-state index contributed by atoms with van der Waals surface area (Å²) >= 11 is 0. The molecule has 1 amide bonds. The molecule has 0 bridgehead atoms. The topological polar surface area (TPSA) is 92.4 Å². The number of rotatable bonds is 6. The maximum atomic E-state index is 13.1. The molecule has 0 aliphatic heterocycles. The van der Waals surface area contributed by atoms with Crippen LogP contribution in [0.4, 0.5) is 4.39 Å². The number of hydrogen-bond acceptors (Lipinski definition) is 4. The fraction of sp³-hybridized carbons (Fsp3) is 0.150. The van der Waals surface area contributed by atoms with E-state index in [4.69, 9.17) is 4.52 Å². The molecule has 0 aliphatic rings. The van der Waals surface area contributed by atoms with E-state index in [1.165, 1.54) is 24.3 Å². The van der Waals surface area contributed by atoms with Crippen LogP contribution in [0.2, 0.25) is 0 Å². The summed E-state index contributed by atoms with van der Waals surface area (Å²) in [6.45, 7) is 1.62. The van der Waals surface area contributed by atoms with Crippen molar-refractivity contribution in [3.63, 3.8) is 0 Å². The second-order valence-corrected chi connectivity index (χ2v) is 6.03. The maximum Gasteiger partial charge on any atom is 0.341 e. The summed E-state index contributed by atoms with van der Waals surface area (Å²) in [6, 6.07) is 13.7. The number of amides is 1. The Bertz CT molecular complexity index is 952. The van der Waals surface area contributed by atoms with Gasteiger partial charge in [0.05, 0.1) is 12.5 Å². The SMILES string of the molecule is CC(NC(=O)Cc1ccccc1)c1onc(-c2ccc(F)cc2)c1C(=O)O. The summed E-state index contributed by atoms with van der Waals surface area (Å²) in [5.41, 5.74) is 1.17. The van der Waals surface area contributed by atoms with Crippen molar-refractivity contribution in [2.24, 2.45) is 0 Å². The van der Waals surface area contributed by atoms with Gasteiger partial charge in [0.25, 0.3) is 0 Å². The summed E-state index contributed by atoms with van der Waals surface area (Å²) in [6.07, 6.45) is 0.159. The molecule has 2 aromatic carbocycles. The second-order valence-electron chi connectivity index (χ2n) is 6.03. The highest BCUT2D eigenvalue weighted by molar-refractivity contribution is 5.96. The first-order chi connectivity index (χ1) is 13.0. The zero-order valence-electron chi connectivity index (χ0n) is 14.5. The van der Waals surface area contributed by atoms with Gasteiger partial charge in [0.2, 0.25) is 5.91 Å². The van der Waals surface area contributed by atoms with E-state index in [0.717, 1.165) is 5.56 Å². The molecule has 6 nitrogen and oxygen atoms in total. The van der Waals surface area contributed by atoms with Crippen molar-refractivity contribution in [1.82, 2.24) is 10.5 Å². The van der Waals surface area contributed by atoms with E-state index in [2.05, 4.69) is 10.5 Å². The molecule has 27 heavy (non-hydrogen) atoms. The Morgan fingerprint density at radius 2 is 1.81 bits per heavy atom. The highest BCUT2D eigenvalue weighted by Gasteiger charge is 2.28. The highest BCUT2D eigenvalue weighted by atomic mass is 19.1. The standard InChI is InChI=1S/C20H17FN2O4/c1-12(22-16(24)11-13-5-3-2-4-6-13)19-17(20(25)26)18(23-27-19)14-7-9-15(21)10-8-14/h2-10,12H,11H2,1H3,(H,22,24)(H,25,26). The van der Waals surface area contributed by atoms with Crippen LogP contribution in [0.5, 0.6) is 0 Å². The number of halogens is 1. The summed E-state index contributed by atoms with van der Waals surface area (Å²) in [4.78, 5) is 24.0. The molecule has 1 heterocycles. The van der Waals surface area contributed by atoms with E-state index >= 15 is 0 Å². The zero-order chi connectivity index (χ0) is 19.4. The average molecular weight is 368 g/mol. The first-order valence-electron chi connectivity index (χ1n) is 8.28. The Hall–Kier alpha value is -3.48. The lowest BCUT2D eigenvalue weighted by atomic mass is 10.0. The lowest BCUT2D eigenvalue weighted by Crippen LogP contribution is -2.28. The van der Waals surface area contributed by atoms with Gasteiger partial charge in [0.1, 0.15) is 17.1 Å². The van der Waals surface area contributed by atoms with Gasteiger partial charge in [0, 0.05) is 5.56 Å². The van der Waals surface area contributed by atoms with Crippen LogP contribution in [-0.2, 0) is 11.2 Å². The molecule has 1 unspecified atom stereocenters. The fourth-order valence-electron chi connectivity index (χ4n) is 2.75. The summed E-state index contributed by atoms with van der Waals surface area (Å²) in [5, 5.41) is 16.1. The van der Waals surface area contributed by atoms with Crippen molar-refractivity contribution in [1.29, 1.82) is 0 Å². The molecule has 1 aromatic heterocycles. The molecule has 7 heteroatoms. The number of aromatic carboxylic acids is 1. The van der Waals surface area contributed by atoms with Crippen molar-refractivity contribution >= 4 is 11.9 Å². The van der Waals surface area contributed by atoms with Crippen molar-refractivity contribution in [2.75, 3.05) is 0 Å². The molecule has 0 radical (unpaired) electrons. The van der Waals surface area contributed by atoms with E-state index < -0.39 is 17.8 Å². The van der Waals surface area contributed by atoms with E-state index in [1.807, 2.05) is 30.3 Å². The van der Waals surface area contributed by atoms with E-state index in [1.54, 1.807) is 6.92 Å². The van der Waals surface area contributed by atoms with E-state index in [9.17, 15) is 19.1 Å². The Kier molecular flexibility index (Phi) is 5.30. The van der Waals surface area contributed by atoms with Crippen LogP contribution < -0.4 is 5.32 Å². The Morgan fingerprint density at radius 3 is 2.44 bits per heavy atom. The molecule has 0 saturated carbocycles. The number of carbonyl (C=O) groups excluding carboxylic acids is 1. The smallest absolute Gasteiger partial charge is 0.341 e. The summed E-state index contributed by atoms with van der Waals surface area (Å²) in [5.74, 6) is -1.93. The van der Waals surface area contributed by atoms with Crippen LogP contribution in [-0.4, -0.2) is 22.1 Å². The third kappa shape index (κ3) is 4.20. The summed E-state index contributed by atoms with van der Waals surface area (Å²) in [7, 11) is 0.